The third kappa shape index (κ3) is 8.45. The van der Waals surface area contributed by atoms with Gasteiger partial charge in [-0.05, 0) is 49.1 Å². The number of phosphoric ester groups is 1. The van der Waals surface area contributed by atoms with Crippen molar-refractivity contribution in [2.75, 3.05) is 6.61 Å². The minimum absolute atomic E-state index is 0.0918. The average molecular weight is 397 g/mol. The molecule has 0 spiro atoms. The van der Waals surface area contributed by atoms with Crippen molar-refractivity contribution in [2.24, 2.45) is 5.73 Å². The molecule has 5 nitrogen and oxygen atoms in total. The zero-order valence-corrected chi connectivity index (χ0v) is 17.5. The molecule has 27 heavy (non-hydrogen) atoms. The largest absolute Gasteiger partial charge is 0.469 e. The molecule has 0 aliphatic heterocycles. The molecule has 1 unspecified atom stereocenters. The number of benzene rings is 1. The summed E-state index contributed by atoms with van der Waals surface area (Å²) in [6.45, 7) is 2.15. The van der Waals surface area contributed by atoms with Gasteiger partial charge in [-0.2, -0.15) is 0 Å². The molecule has 1 fully saturated rings. The zero-order valence-electron chi connectivity index (χ0n) is 16.6. The summed E-state index contributed by atoms with van der Waals surface area (Å²) in [7, 11) is -4.47. The predicted octanol–water partition coefficient (Wildman–Crippen LogP) is 5.05. The Morgan fingerprint density at radius 2 is 1.89 bits per heavy atom. The van der Waals surface area contributed by atoms with Gasteiger partial charge in [-0.15, -0.1) is 0 Å². The third-order valence-electron chi connectivity index (χ3n) is 5.66. The van der Waals surface area contributed by atoms with E-state index in [9.17, 15) is 4.57 Å². The summed E-state index contributed by atoms with van der Waals surface area (Å²) in [5, 5.41) is 0. The molecule has 0 saturated heterocycles. The molecular weight excluding hydrogens is 361 g/mol. The molecule has 4 N–H and O–H groups in total. The molecule has 2 atom stereocenters. The summed E-state index contributed by atoms with van der Waals surface area (Å²) in [6.07, 6.45) is 12.7. The van der Waals surface area contributed by atoms with E-state index in [0.29, 0.717) is 12.3 Å². The van der Waals surface area contributed by atoms with Crippen LogP contribution in [0.2, 0.25) is 0 Å². The lowest BCUT2D eigenvalue weighted by Crippen LogP contribution is -2.41. The van der Waals surface area contributed by atoms with Gasteiger partial charge in [0.2, 0.25) is 0 Å². The van der Waals surface area contributed by atoms with Gasteiger partial charge < -0.3 is 15.5 Å². The van der Waals surface area contributed by atoms with E-state index in [1.54, 1.807) is 0 Å². The fourth-order valence-corrected chi connectivity index (χ4v) is 4.50. The summed E-state index contributed by atoms with van der Waals surface area (Å²) in [6, 6.07) is 8.75. The summed E-state index contributed by atoms with van der Waals surface area (Å²) >= 11 is 0. The maximum atomic E-state index is 10.9. The fraction of sp³-hybridized carbons (Fsp3) is 0.714. The van der Waals surface area contributed by atoms with Crippen molar-refractivity contribution in [1.29, 1.82) is 0 Å². The SMILES string of the molecule is CCCCCCCCCc1cccc([C@H]2CCC(N)(COP(=O)(O)O)C2)c1. The Morgan fingerprint density at radius 3 is 2.59 bits per heavy atom. The lowest BCUT2D eigenvalue weighted by atomic mass is 9.92. The number of unbranched alkanes of at least 4 members (excludes halogenated alkanes) is 6. The van der Waals surface area contributed by atoms with Crippen LogP contribution in [0.3, 0.4) is 0 Å². The van der Waals surface area contributed by atoms with E-state index in [4.69, 9.17) is 15.5 Å². The van der Waals surface area contributed by atoms with Crippen LogP contribution in [0.15, 0.2) is 24.3 Å². The second-order valence-corrected chi connectivity index (χ2v) is 9.42. The van der Waals surface area contributed by atoms with Gasteiger partial charge in [-0.3, -0.25) is 4.52 Å². The Kier molecular flexibility index (Phi) is 8.97. The number of nitrogens with two attached hydrogens (primary N) is 1. The van der Waals surface area contributed by atoms with Gasteiger partial charge in [0.25, 0.3) is 0 Å². The Morgan fingerprint density at radius 1 is 1.19 bits per heavy atom. The molecule has 6 heteroatoms. The monoisotopic (exact) mass is 397 g/mol. The molecule has 0 aromatic heterocycles. The lowest BCUT2D eigenvalue weighted by Gasteiger charge is -2.24. The van der Waals surface area contributed by atoms with Crippen molar-refractivity contribution in [3.63, 3.8) is 0 Å². The number of hydrogen-bond acceptors (Lipinski definition) is 3. The molecule has 0 amide bonds. The van der Waals surface area contributed by atoms with Crippen molar-refractivity contribution in [1.82, 2.24) is 0 Å². The molecule has 0 heterocycles. The van der Waals surface area contributed by atoms with Gasteiger partial charge in [0, 0.05) is 5.54 Å². The quantitative estimate of drug-likeness (QED) is 0.339. The van der Waals surface area contributed by atoms with E-state index in [1.807, 2.05) is 0 Å². The molecule has 0 bridgehead atoms. The molecule has 1 saturated carbocycles. The van der Waals surface area contributed by atoms with Crippen molar-refractivity contribution >= 4 is 7.82 Å². The molecule has 1 aliphatic carbocycles. The normalized spacial score (nSPS) is 23.0. The molecule has 2 rings (SSSR count). The minimum atomic E-state index is -4.47. The Labute approximate surface area is 163 Å². The van der Waals surface area contributed by atoms with Crippen molar-refractivity contribution in [3.05, 3.63) is 35.4 Å². The van der Waals surface area contributed by atoms with E-state index >= 15 is 0 Å². The molecular formula is C21H36NO4P. The second-order valence-electron chi connectivity index (χ2n) is 8.18. The van der Waals surface area contributed by atoms with Crippen LogP contribution in [-0.4, -0.2) is 21.9 Å². The maximum absolute atomic E-state index is 10.9. The Balaban J connectivity index is 1.79. The summed E-state index contributed by atoms with van der Waals surface area (Å²) in [5.41, 5.74) is 8.33. The highest BCUT2D eigenvalue weighted by Crippen LogP contribution is 2.43. The van der Waals surface area contributed by atoms with Crippen LogP contribution in [-0.2, 0) is 15.5 Å². The van der Waals surface area contributed by atoms with E-state index in [1.165, 1.54) is 56.1 Å². The van der Waals surface area contributed by atoms with Gasteiger partial charge in [0.15, 0.2) is 0 Å². The predicted molar refractivity (Wildman–Crippen MR) is 110 cm³/mol. The topological polar surface area (TPSA) is 92.8 Å². The maximum Gasteiger partial charge on any atom is 0.469 e. The van der Waals surface area contributed by atoms with Gasteiger partial charge in [-0.25, -0.2) is 4.57 Å². The minimum Gasteiger partial charge on any atom is -0.323 e. The highest BCUT2D eigenvalue weighted by molar-refractivity contribution is 7.46. The van der Waals surface area contributed by atoms with Crippen molar-refractivity contribution in [3.8, 4) is 0 Å². The number of phosphoric acid groups is 1. The van der Waals surface area contributed by atoms with E-state index < -0.39 is 13.4 Å². The molecule has 1 aromatic carbocycles. The van der Waals surface area contributed by atoms with Crippen LogP contribution in [0, 0.1) is 0 Å². The molecule has 154 valence electrons. The first-order valence-corrected chi connectivity index (χ1v) is 11.9. The third-order valence-corrected chi connectivity index (χ3v) is 6.12. The lowest BCUT2D eigenvalue weighted by molar-refractivity contribution is 0.153. The first kappa shape index (κ1) is 22.6. The van der Waals surface area contributed by atoms with E-state index in [-0.39, 0.29) is 6.61 Å². The summed E-state index contributed by atoms with van der Waals surface area (Å²) in [5.74, 6) is 0.337. The number of rotatable bonds is 12. The molecule has 0 radical (unpaired) electrons. The van der Waals surface area contributed by atoms with Gasteiger partial charge in [0.05, 0.1) is 6.61 Å². The standard InChI is InChI=1S/C21H36NO4P/c1-2-3-4-5-6-7-8-10-18-11-9-12-19(15-18)20-13-14-21(22,16-20)17-26-27(23,24)25/h9,11-12,15,20H,2-8,10,13-14,16-17,22H2,1H3,(H2,23,24,25)/t20-,21?/m0/s1. The first-order valence-electron chi connectivity index (χ1n) is 10.4. The van der Waals surface area contributed by atoms with Crippen molar-refractivity contribution < 1.29 is 18.9 Å². The van der Waals surface area contributed by atoms with Gasteiger partial charge in [0.1, 0.15) is 0 Å². The highest BCUT2D eigenvalue weighted by atomic mass is 31.2. The van der Waals surface area contributed by atoms with Crippen LogP contribution < -0.4 is 5.73 Å². The van der Waals surface area contributed by atoms with Crippen LogP contribution in [0.5, 0.6) is 0 Å². The van der Waals surface area contributed by atoms with Crippen molar-refractivity contribution in [2.45, 2.75) is 89.0 Å². The Hall–Kier alpha value is -0.710. The number of aryl methyl sites for hydroxylation is 1. The number of hydrogen-bond donors (Lipinski definition) is 3. The van der Waals surface area contributed by atoms with E-state index in [2.05, 4.69) is 35.7 Å². The molecule has 1 aliphatic rings. The zero-order chi connectivity index (χ0) is 19.8. The van der Waals surface area contributed by atoms with Gasteiger partial charge in [-0.1, -0.05) is 69.7 Å². The first-order chi connectivity index (χ1) is 12.8. The van der Waals surface area contributed by atoms with Crippen LogP contribution in [0.4, 0.5) is 0 Å². The van der Waals surface area contributed by atoms with Gasteiger partial charge >= 0.3 is 7.82 Å². The summed E-state index contributed by atoms with van der Waals surface area (Å²) in [4.78, 5) is 17.8. The average Bonchev–Trinajstić information content (AvgIpc) is 3.02. The van der Waals surface area contributed by atoms with Crippen LogP contribution in [0.1, 0.15) is 88.2 Å². The highest BCUT2D eigenvalue weighted by Gasteiger charge is 2.38. The second kappa shape index (κ2) is 10.7. The van der Waals surface area contributed by atoms with E-state index in [0.717, 1.165) is 19.3 Å². The fourth-order valence-electron chi connectivity index (χ4n) is 4.07. The summed E-state index contributed by atoms with van der Waals surface area (Å²) < 4.78 is 15.6. The molecule has 1 aromatic rings. The smallest absolute Gasteiger partial charge is 0.323 e. The Bertz CT molecular complexity index is 618. The van der Waals surface area contributed by atoms with Crippen LogP contribution >= 0.6 is 7.82 Å². The van der Waals surface area contributed by atoms with Crippen LogP contribution in [0.25, 0.3) is 0 Å².